The predicted octanol–water partition coefficient (Wildman–Crippen LogP) is 6.55. The van der Waals surface area contributed by atoms with Gasteiger partial charge in [-0.2, -0.15) is 0 Å². The van der Waals surface area contributed by atoms with E-state index in [1.165, 1.54) is 82.6 Å². The van der Waals surface area contributed by atoms with Crippen molar-refractivity contribution in [1.29, 1.82) is 0 Å². The Morgan fingerprint density at radius 3 is 1.57 bits per heavy atom. The predicted molar refractivity (Wildman–Crippen MR) is 93.9 cm³/mol. The average Bonchev–Trinajstić information content (AvgIpc) is 2.44. The molecular weight excluding hydrogens is 254 g/mol. The topological polar surface area (TPSA) is 12.9 Å². The van der Waals surface area contributed by atoms with Crippen molar-refractivity contribution in [3.05, 3.63) is 29.1 Å². The highest BCUT2D eigenvalue weighted by Crippen LogP contribution is 2.13. The molecule has 1 nitrogen and oxygen atoms in total. The molecule has 0 bridgehead atoms. The summed E-state index contributed by atoms with van der Waals surface area (Å²) in [4.78, 5) is 4.44. The lowest BCUT2D eigenvalue weighted by atomic mass is 10.0. The van der Waals surface area contributed by atoms with Crippen LogP contribution in [0.5, 0.6) is 0 Å². The van der Waals surface area contributed by atoms with Crippen LogP contribution in [-0.4, -0.2) is 4.98 Å². The Balaban J connectivity index is 1.93. The third-order valence-corrected chi connectivity index (χ3v) is 4.21. The SMILES string of the molecule is CCCCCCCCCCCCCc1cc(C)nc(C)c1. The summed E-state index contributed by atoms with van der Waals surface area (Å²) >= 11 is 0. The highest BCUT2D eigenvalue weighted by molar-refractivity contribution is 5.20. The zero-order valence-electron chi connectivity index (χ0n) is 14.6. The number of pyridine rings is 1. The molecule has 120 valence electrons. The zero-order chi connectivity index (χ0) is 15.3. The van der Waals surface area contributed by atoms with Crippen molar-refractivity contribution in [3.8, 4) is 0 Å². The van der Waals surface area contributed by atoms with E-state index in [0.29, 0.717) is 0 Å². The Bertz CT molecular complexity index is 350. The lowest BCUT2D eigenvalue weighted by Gasteiger charge is -2.05. The van der Waals surface area contributed by atoms with Gasteiger partial charge in [0, 0.05) is 11.4 Å². The maximum atomic E-state index is 4.44. The maximum Gasteiger partial charge on any atom is 0.0378 e. The third kappa shape index (κ3) is 9.66. The summed E-state index contributed by atoms with van der Waals surface area (Å²) < 4.78 is 0. The van der Waals surface area contributed by atoms with Gasteiger partial charge in [-0.1, -0.05) is 71.1 Å². The van der Waals surface area contributed by atoms with E-state index in [9.17, 15) is 0 Å². The van der Waals surface area contributed by atoms with Crippen LogP contribution in [0.3, 0.4) is 0 Å². The van der Waals surface area contributed by atoms with E-state index in [2.05, 4.69) is 37.9 Å². The second-order valence-corrected chi connectivity index (χ2v) is 6.54. The molecule has 0 saturated heterocycles. The van der Waals surface area contributed by atoms with Crippen LogP contribution in [0.15, 0.2) is 12.1 Å². The Morgan fingerprint density at radius 1 is 0.667 bits per heavy atom. The van der Waals surface area contributed by atoms with Crippen molar-refractivity contribution in [3.63, 3.8) is 0 Å². The lowest BCUT2D eigenvalue weighted by molar-refractivity contribution is 0.549. The van der Waals surface area contributed by atoms with Gasteiger partial charge in [-0.15, -0.1) is 0 Å². The summed E-state index contributed by atoms with van der Waals surface area (Å²) in [6, 6.07) is 4.48. The van der Waals surface area contributed by atoms with E-state index in [0.717, 1.165) is 11.4 Å². The van der Waals surface area contributed by atoms with Crippen LogP contribution >= 0.6 is 0 Å². The van der Waals surface area contributed by atoms with E-state index in [1.807, 2.05) is 0 Å². The molecule has 0 radical (unpaired) electrons. The molecule has 21 heavy (non-hydrogen) atoms. The minimum atomic E-state index is 1.16. The molecule has 1 heterocycles. The normalized spacial score (nSPS) is 11.0. The third-order valence-electron chi connectivity index (χ3n) is 4.21. The van der Waals surface area contributed by atoms with Crippen LogP contribution in [0, 0.1) is 13.8 Å². The Labute approximate surface area is 132 Å². The first-order chi connectivity index (χ1) is 10.2. The van der Waals surface area contributed by atoms with Gasteiger partial charge >= 0.3 is 0 Å². The van der Waals surface area contributed by atoms with Gasteiger partial charge in [0.1, 0.15) is 0 Å². The number of aromatic nitrogens is 1. The summed E-state index contributed by atoms with van der Waals surface area (Å²) in [5.74, 6) is 0. The van der Waals surface area contributed by atoms with Crippen molar-refractivity contribution in [2.24, 2.45) is 0 Å². The summed E-state index contributed by atoms with van der Waals surface area (Å²) in [6.07, 6.45) is 16.8. The van der Waals surface area contributed by atoms with Gasteiger partial charge < -0.3 is 0 Å². The second-order valence-electron chi connectivity index (χ2n) is 6.54. The van der Waals surface area contributed by atoms with Gasteiger partial charge in [-0.05, 0) is 44.4 Å². The van der Waals surface area contributed by atoms with Gasteiger partial charge in [0.15, 0.2) is 0 Å². The van der Waals surface area contributed by atoms with Crippen LogP contribution in [0.4, 0.5) is 0 Å². The number of rotatable bonds is 12. The van der Waals surface area contributed by atoms with E-state index in [4.69, 9.17) is 0 Å². The van der Waals surface area contributed by atoms with E-state index >= 15 is 0 Å². The molecule has 1 rings (SSSR count). The first kappa shape index (κ1) is 18.2. The van der Waals surface area contributed by atoms with Crippen LogP contribution in [0.1, 0.15) is 94.5 Å². The summed E-state index contributed by atoms with van der Waals surface area (Å²) in [5.41, 5.74) is 3.79. The molecule has 0 amide bonds. The number of hydrogen-bond donors (Lipinski definition) is 0. The molecule has 0 saturated carbocycles. The van der Waals surface area contributed by atoms with Gasteiger partial charge in [-0.3, -0.25) is 4.98 Å². The van der Waals surface area contributed by atoms with E-state index < -0.39 is 0 Å². The number of aryl methyl sites for hydroxylation is 3. The fraction of sp³-hybridized carbons (Fsp3) is 0.750. The summed E-state index contributed by atoms with van der Waals surface area (Å²) in [6.45, 7) is 6.47. The standard InChI is InChI=1S/C20H35N/c1-4-5-6-7-8-9-10-11-12-13-14-15-20-16-18(2)21-19(3)17-20/h16-17H,4-15H2,1-3H3. The molecule has 0 unspecified atom stereocenters. The maximum absolute atomic E-state index is 4.44. The first-order valence-corrected chi connectivity index (χ1v) is 9.16. The van der Waals surface area contributed by atoms with Crippen LogP contribution in [-0.2, 0) is 6.42 Å². The molecular formula is C20H35N. The highest BCUT2D eigenvalue weighted by atomic mass is 14.7. The van der Waals surface area contributed by atoms with Crippen molar-refractivity contribution < 1.29 is 0 Å². The molecule has 0 aliphatic rings. The number of nitrogens with zero attached hydrogens (tertiary/aromatic N) is 1. The second kappa shape index (κ2) is 11.8. The fourth-order valence-electron chi connectivity index (χ4n) is 3.06. The lowest BCUT2D eigenvalue weighted by Crippen LogP contribution is -1.92. The molecule has 0 fully saturated rings. The molecule has 1 heteroatoms. The van der Waals surface area contributed by atoms with Crippen molar-refractivity contribution in [2.75, 3.05) is 0 Å². The minimum absolute atomic E-state index is 1.16. The molecule has 0 spiro atoms. The first-order valence-electron chi connectivity index (χ1n) is 9.16. The zero-order valence-corrected chi connectivity index (χ0v) is 14.6. The van der Waals surface area contributed by atoms with Gasteiger partial charge in [-0.25, -0.2) is 0 Å². The van der Waals surface area contributed by atoms with Gasteiger partial charge in [0.2, 0.25) is 0 Å². The Morgan fingerprint density at radius 2 is 1.10 bits per heavy atom. The molecule has 0 aliphatic heterocycles. The minimum Gasteiger partial charge on any atom is -0.258 e. The van der Waals surface area contributed by atoms with Crippen molar-refractivity contribution >= 4 is 0 Å². The van der Waals surface area contributed by atoms with Crippen LogP contribution in [0.2, 0.25) is 0 Å². The highest BCUT2D eigenvalue weighted by Gasteiger charge is 1.98. The number of hydrogen-bond acceptors (Lipinski definition) is 1. The summed E-state index contributed by atoms with van der Waals surface area (Å²) in [7, 11) is 0. The van der Waals surface area contributed by atoms with Crippen LogP contribution < -0.4 is 0 Å². The Hall–Kier alpha value is -0.850. The van der Waals surface area contributed by atoms with Crippen LogP contribution in [0.25, 0.3) is 0 Å². The monoisotopic (exact) mass is 289 g/mol. The molecule has 0 aliphatic carbocycles. The fourth-order valence-corrected chi connectivity index (χ4v) is 3.06. The van der Waals surface area contributed by atoms with Gasteiger partial charge in [0.25, 0.3) is 0 Å². The quantitative estimate of drug-likeness (QED) is 0.397. The Kier molecular flexibility index (Phi) is 10.2. The van der Waals surface area contributed by atoms with Crippen molar-refractivity contribution in [1.82, 2.24) is 4.98 Å². The van der Waals surface area contributed by atoms with E-state index in [-0.39, 0.29) is 0 Å². The van der Waals surface area contributed by atoms with Crippen molar-refractivity contribution in [2.45, 2.75) is 97.8 Å². The largest absolute Gasteiger partial charge is 0.258 e. The average molecular weight is 290 g/mol. The molecule has 0 aromatic carbocycles. The smallest absolute Gasteiger partial charge is 0.0378 e. The summed E-state index contributed by atoms with van der Waals surface area (Å²) in [5, 5.41) is 0. The number of unbranched alkanes of at least 4 members (excludes halogenated alkanes) is 10. The molecule has 0 N–H and O–H groups in total. The molecule has 0 atom stereocenters. The van der Waals surface area contributed by atoms with Gasteiger partial charge in [0.05, 0.1) is 0 Å². The van der Waals surface area contributed by atoms with E-state index in [1.54, 1.807) is 0 Å². The molecule has 1 aromatic heterocycles. The molecule has 1 aromatic rings.